The number of aromatic nitrogens is 1. The molecule has 5 nitrogen and oxygen atoms in total. The summed E-state index contributed by atoms with van der Waals surface area (Å²) in [6, 6.07) is 13.4. The Morgan fingerprint density at radius 1 is 1.12 bits per heavy atom. The topological polar surface area (TPSA) is 60.5 Å². The quantitative estimate of drug-likeness (QED) is 0.756. The number of hydrogen-bond donors (Lipinski definition) is 1. The van der Waals surface area contributed by atoms with Gasteiger partial charge in [-0.25, -0.2) is 4.98 Å². The van der Waals surface area contributed by atoms with E-state index in [9.17, 15) is 4.79 Å². The van der Waals surface area contributed by atoms with Gasteiger partial charge in [-0.2, -0.15) is 0 Å². The number of carbonyl (C=O) groups is 1. The molecule has 1 amide bonds. The predicted octanol–water partition coefficient (Wildman–Crippen LogP) is 4.07. The number of thiazole rings is 1. The van der Waals surface area contributed by atoms with Gasteiger partial charge in [-0.15, -0.1) is 11.3 Å². The molecule has 1 aliphatic rings. The van der Waals surface area contributed by atoms with E-state index in [1.807, 2.05) is 48.7 Å². The lowest BCUT2D eigenvalue weighted by Crippen LogP contribution is -2.17. The summed E-state index contributed by atoms with van der Waals surface area (Å²) in [5.74, 6) is 1.30. The highest BCUT2D eigenvalue weighted by Crippen LogP contribution is 2.32. The third kappa shape index (κ3) is 3.70. The molecule has 2 aromatic carbocycles. The van der Waals surface area contributed by atoms with E-state index in [2.05, 4.69) is 10.3 Å². The predicted molar refractivity (Wildman–Crippen MR) is 102 cm³/mol. The van der Waals surface area contributed by atoms with Gasteiger partial charge in [-0.05, 0) is 24.6 Å². The fourth-order valence-electron chi connectivity index (χ4n) is 2.80. The van der Waals surface area contributed by atoms with Crippen LogP contribution in [0.25, 0.3) is 11.3 Å². The molecular formula is C20H18N2O3S. The second-order valence-electron chi connectivity index (χ2n) is 6.03. The maximum atomic E-state index is 12.3. The van der Waals surface area contributed by atoms with E-state index < -0.39 is 0 Å². The molecule has 0 fully saturated rings. The molecule has 3 aromatic rings. The summed E-state index contributed by atoms with van der Waals surface area (Å²) >= 11 is 1.63. The van der Waals surface area contributed by atoms with Crippen molar-refractivity contribution in [2.75, 3.05) is 18.5 Å². The van der Waals surface area contributed by atoms with Crippen molar-refractivity contribution in [3.63, 3.8) is 0 Å². The van der Waals surface area contributed by atoms with Crippen molar-refractivity contribution in [2.45, 2.75) is 13.3 Å². The normalized spacial score (nSPS) is 12.7. The summed E-state index contributed by atoms with van der Waals surface area (Å²) in [5.41, 5.74) is 3.69. The van der Waals surface area contributed by atoms with Crippen molar-refractivity contribution in [2.24, 2.45) is 0 Å². The first kappa shape index (κ1) is 16.6. The zero-order chi connectivity index (χ0) is 17.9. The van der Waals surface area contributed by atoms with Crippen LogP contribution < -0.4 is 14.8 Å². The average Bonchev–Trinajstić information content (AvgIpc) is 3.08. The van der Waals surface area contributed by atoms with E-state index in [1.54, 1.807) is 17.4 Å². The van der Waals surface area contributed by atoms with Crippen LogP contribution in [-0.2, 0) is 11.2 Å². The summed E-state index contributed by atoms with van der Waals surface area (Å²) in [5, 5.41) is 5.99. The Hall–Kier alpha value is -2.86. The molecule has 0 radical (unpaired) electrons. The van der Waals surface area contributed by atoms with Crippen molar-refractivity contribution < 1.29 is 14.3 Å². The van der Waals surface area contributed by atoms with Gasteiger partial charge in [0.05, 0.1) is 17.1 Å². The third-order valence-corrected chi connectivity index (χ3v) is 4.83. The van der Waals surface area contributed by atoms with Crippen LogP contribution in [0.15, 0.2) is 47.8 Å². The summed E-state index contributed by atoms with van der Waals surface area (Å²) in [6.45, 7) is 3.06. The fraction of sp³-hybridized carbons (Fsp3) is 0.200. The second kappa shape index (κ2) is 7.17. The molecule has 4 rings (SSSR count). The second-order valence-corrected chi connectivity index (χ2v) is 7.09. The Balaban J connectivity index is 1.40. The molecule has 0 aliphatic carbocycles. The van der Waals surface area contributed by atoms with Gasteiger partial charge in [0.25, 0.3) is 0 Å². The molecule has 0 bridgehead atoms. The van der Waals surface area contributed by atoms with E-state index >= 15 is 0 Å². The summed E-state index contributed by atoms with van der Waals surface area (Å²) in [7, 11) is 0. The van der Waals surface area contributed by atoms with Crippen molar-refractivity contribution in [3.8, 4) is 22.8 Å². The summed E-state index contributed by atoms with van der Waals surface area (Å²) < 4.78 is 11.0. The number of rotatable bonds is 4. The molecule has 1 aromatic heterocycles. The first-order chi connectivity index (χ1) is 12.7. The molecule has 0 saturated heterocycles. The highest BCUT2D eigenvalue weighted by atomic mass is 32.1. The number of fused-ring (bicyclic) bond motifs is 1. The summed E-state index contributed by atoms with van der Waals surface area (Å²) in [4.78, 5) is 16.8. The molecule has 1 aliphatic heterocycles. The van der Waals surface area contributed by atoms with E-state index in [1.165, 1.54) is 0 Å². The Kier molecular flexibility index (Phi) is 4.58. The first-order valence-corrected chi connectivity index (χ1v) is 9.26. The molecule has 0 atom stereocenters. The molecule has 2 heterocycles. The van der Waals surface area contributed by atoms with Crippen LogP contribution in [0.3, 0.4) is 0 Å². The lowest BCUT2D eigenvalue weighted by atomic mass is 10.1. The Morgan fingerprint density at radius 2 is 1.88 bits per heavy atom. The van der Waals surface area contributed by atoms with Crippen LogP contribution in [0, 0.1) is 6.92 Å². The van der Waals surface area contributed by atoms with Gasteiger partial charge in [-0.3, -0.25) is 4.79 Å². The Morgan fingerprint density at radius 3 is 2.62 bits per heavy atom. The van der Waals surface area contributed by atoms with E-state index in [-0.39, 0.29) is 5.91 Å². The van der Waals surface area contributed by atoms with Crippen molar-refractivity contribution >= 4 is 22.9 Å². The molecule has 0 saturated carbocycles. The maximum absolute atomic E-state index is 12.3. The molecule has 26 heavy (non-hydrogen) atoms. The number of amides is 1. The number of anilines is 1. The SMILES string of the molecule is Cc1nc(-c2ccc(CC(=O)Nc3ccc4c(c3)OCCO4)cc2)cs1. The summed E-state index contributed by atoms with van der Waals surface area (Å²) in [6.07, 6.45) is 0.310. The molecule has 1 N–H and O–H groups in total. The minimum absolute atomic E-state index is 0.0704. The molecule has 0 unspecified atom stereocenters. The standard InChI is InChI=1S/C20H18N2O3S/c1-13-21-17(12-26-13)15-4-2-14(3-5-15)10-20(23)22-16-6-7-18-19(11-16)25-9-8-24-18/h2-7,11-12H,8-10H2,1H3,(H,22,23). The lowest BCUT2D eigenvalue weighted by molar-refractivity contribution is -0.115. The number of nitrogens with zero attached hydrogens (tertiary/aromatic N) is 1. The third-order valence-electron chi connectivity index (χ3n) is 4.06. The zero-order valence-corrected chi connectivity index (χ0v) is 15.1. The zero-order valence-electron chi connectivity index (χ0n) is 14.3. The van der Waals surface area contributed by atoms with Gasteiger partial charge in [0.15, 0.2) is 11.5 Å². The van der Waals surface area contributed by atoms with Crippen LogP contribution in [0.1, 0.15) is 10.6 Å². The minimum atomic E-state index is -0.0704. The average molecular weight is 366 g/mol. The molecule has 0 spiro atoms. The lowest BCUT2D eigenvalue weighted by Gasteiger charge is -2.19. The monoisotopic (exact) mass is 366 g/mol. The van der Waals surface area contributed by atoms with Gasteiger partial charge < -0.3 is 14.8 Å². The van der Waals surface area contributed by atoms with Gasteiger partial charge in [0.2, 0.25) is 5.91 Å². The van der Waals surface area contributed by atoms with Crippen molar-refractivity contribution in [1.82, 2.24) is 4.98 Å². The number of benzene rings is 2. The minimum Gasteiger partial charge on any atom is -0.486 e. The van der Waals surface area contributed by atoms with E-state index in [0.717, 1.165) is 21.8 Å². The van der Waals surface area contributed by atoms with Gasteiger partial charge >= 0.3 is 0 Å². The Bertz CT molecular complexity index is 934. The highest BCUT2D eigenvalue weighted by Gasteiger charge is 2.13. The van der Waals surface area contributed by atoms with Crippen molar-refractivity contribution in [3.05, 3.63) is 58.4 Å². The molecule has 132 valence electrons. The van der Waals surface area contributed by atoms with Crippen LogP contribution in [0.2, 0.25) is 0 Å². The molecule has 6 heteroatoms. The maximum Gasteiger partial charge on any atom is 0.228 e. The molecular weight excluding hydrogens is 348 g/mol. The smallest absolute Gasteiger partial charge is 0.228 e. The number of nitrogens with one attached hydrogen (secondary N) is 1. The van der Waals surface area contributed by atoms with E-state index in [0.29, 0.717) is 36.8 Å². The number of hydrogen-bond acceptors (Lipinski definition) is 5. The van der Waals surface area contributed by atoms with Crippen LogP contribution >= 0.6 is 11.3 Å². The number of carbonyl (C=O) groups excluding carboxylic acids is 1. The van der Waals surface area contributed by atoms with Crippen molar-refractivity contribution in [1.29, 1.82) is 0 Å². The highest BCUT2D eigenvalue weighted by molar-refractivity contribution is 7.09. The van der Waals surface area contributed by atoms with Gasteiger partial charge in [-0.1, -0.05) is 24.3 Å². The van der Waals surface area contributed by atoms with Crippen LogP contribution in [-0.4, -0.2) is 24.1 Å². The van der Waals surface area contributed by atoms with Crippen LogP contribution in [0.4, 0.5) is 5.69 Å². The first-order valence-electron chi connectivity index (χ1n) is 8.38. The number of ether oxygens (including phenoxy) is 2. The largest absolute Gasteiger partial charge is 0.486 e. The van der Waals surface area contributed by atoms with Gasteiger partial charge in [0, 0.05) is 22.7 Å². The van der Waals surface area contributed by atoms with E-state index in [4.69, 9.17) is 9.47 Å². The fourth-order valence-corrected chi connectivity index (χ4v) is 3.42. The number of aryl methyl sites for hydroxylation is 1. The van der Waals surface area contributed by atoms with Crippen LogP contribution in [0.5, 0.6) is 11.5 Å². The van der Waals surface area contributed by atoms with Gasteiger partial charge in [0.1, 0.15) is 13.2 Å². The Labute approximate surface area is 155 Å².